The average molecular weight is 240 g/mol. The Hall–Kier alpha value is -0.900. The summed E-state index contributed by atoms with van der Waals surface area (Å²) < 4.78 is 3.00. The van der Waals surface area contributed by atoms with E-state index in [0.29, 0.717) is 0 Å². The zero-order valence-corrected chi connectivity index (χ0v) is 8.95. The van der Waals surface area contributed by atoms with Crippen molar-refractivity contribution >= 4 is 27.0 Å². The van der Waals surface area contributed by atoms with Crippen molar-refractivity contribution in [2.75, 3.05) is 0 Å². The first kappa shape index (κ1) is 8.69. The van der Waals surface area contributed by atoms with E-state index >= 15 is 0 Å². The second kappa shape index (κ2) is 3.46. The van der Waals surface area contributed by atoms with E-state index in [1.807, 2.05) is 22.9 Å². The van der Waals surface area contributed by atoms with Crippen LogP contribution in [0.1, 0.15) is 13.3 Å². The highest BCUT2D eigenvalue weighted by atomic mass is 79.9. The fourth-order valence-corrected chi connectivity index (χ4v) is 1.66. The van der Waals surface area contributed by atoms with Crippen molar-refractivity contribution in [1.29, 1.82) is 0 Å². The van der Waals surface area contributed by atoms with Crippen LogP contribution >= 0.6 is 15.9 Å². The molecule has 0 bridgehead atoms. The Morgan fingerprint density at radius 1 is 1.46 bits per heavy atom. The Morgan fingerprint density at radius 2 is 2.31 bits per heavy atom. The van der Waals surface area contributed by atoms with Crippen molar-refractivity contribution in [3.05, 3.63) is 22.7 Å². The molecule has 0 unspecified atom stereocenters. The number of halogens is 1. The third-order valence-electron chi connectivity index (χ3n) is 1.91. The Kier molecular flexibility index (Phi) is 2.31. The Bertz CT molecular complexity index is 422. The molecule has 0 aliphatic carbocycles. The van der Waals surface area contributed by atoms with Gasteiger partial charge in [-0.1, -0.05) is 28.1 Å². The number of aryl methyl sites for hydroxylation is 1. The monoisotopic (exact) mass is 239 g/mol. The van der Waals surface area contributed by atoms with Crippen molar-refractivity contribution in [1.82, 2.24) is 15.0 Å². The molecule has 2 aromatic rings. The first-order valence-corrected chi connectivity index (χ1v) is 5.09. The molecule has 0 radical (unpaired) electrons. The second-order valence-electron chi connectivity index (χ2n) is 2.95. The number of rotatable bonds is 2. The Balaban J connectivity index is 2.58. The summed E-state index contributed by atoms with van der Waals surface area (Å²) in [5.41, 5.74) is 2.05. The number of benzene rings is 1. The van der Waals surface area contributed by atoms with E-state index < -0.39 is 0 Å². The fourth-order valence-electron chi connectivity index (χ4n) is 1.32. The average Bonchev–Trinajstić information content (AvgIpc) is 2.49. The standard InChI is InChI=1S/C9H10BrN3/c1-2-5-13-9-6-7(10)3-4-8(9)11-12-13/h3-4,6H,2,5H2,1H3. The van der Waals surface area contributed by atoms with Gasteiger partial charge in [0.05, 0.1) is 5.52 Å². The SMILES string of the molecule is CCCn1nnc2ccc(Br)cc21. The molecule has 0 aliphatic rings. The maximum atomic E-state index is 4.07. The predicted octanol–water partition coefficient (Wildman–Crippen LogP) is 2.60. The van der Waals surface area contributed by atoms with Crippen molar-refractivity contribution in [3.63, 3.8) is 0 Å². The molecule has 0 amide bonds. The molecule has 1 heterocycles. The molecule has 0 atom stereocenters. The molecule has 2 rings (SSSR count). The first-order valence-electron chi connectivity index (χ1n) is 4.30. The largest absolute Gasteiger partial charge is 0.245 e. The van der Waals surface area contributed by atoms with Gasteiger partial charge in [0.2, 0.25) is 0 Å². The summed E-state index contributed by atoms with van der Waals surface area (Å²) in [4.78, 5) is 0. The van der Waals surface area contributed by atoms with Crippen LogP contribution in [0.25, 0.3) is 11.0 Å². The van der Waals surface area contributed by atoms with Gasteiger partial charge in [-0.15, -0.1) is 5.10 Å². The van der Waals surface area contributed by atoms with Crippen LogP contribution in [-0.4, -0.2) is 15.0 Å². The number of hydrogen-bond acceptors (Lipinski definition) is 2. The minimum Gasteiger partial charge on any atom is -0.245 e. The van der Waals surface area contributed by atoms with Crippen LogP contribution in [0, 0.1) is 0 Å². The summed E-state index contributed by atoms with van der Waals surface area (Å²) in [5, 5.41) is 8.14. The molecule has 0 fully saturated rings. The van der Waals surface area contributed by atoms with Crippen LogP contribution < -0.4 is 0 Å². The third kappa shape index (κ3) is 1.58. The smallest absolute Gasteiger partial charge is 0.113 e. The van der Waals surface area contributed by atoms with Gasteiger partial charge in [-0.05, 0) is 24.6 Å². The zero-order chi connectivity index (χ0) is 9.26. The van der Waals surface area contributed by atoms with Crippen molar-refractivity contribution in [3.8, 4) is 0 Å². The van der Waals surface area contributed by atoms with E-state index in [0.717, 1.165) is 28.5 Å². The molecule has 4 heteroatoms. The van der Waals surface area contributed by atoms with Crippen LogP contribution in [0.3, 0.4) is 0 Å². The zero-order valence-electron chi connectivity index (χ0n) is 7.37. The maximum absolute atomic E-state index is 4.07. The minimum absolute atomic E-state index is 0.924. The summed E-state index contributed by atoms with van der Waals surface area (Å²) in [5.74, 6) is 0. The summed E-state index contributed by atoms with van der Waals surface area (Å²) in [6, 6.07) is 6.00. The summed E-state index contributed by atoms with van der Waals surface area (Å²) in [6.07, 6.45) is 1.07. The Labute approximate surface area is 84.9 Å². The van der Waals surface area contributed by atoms with Gasteiger partial charge in [0.1, 0.15) is 5.52 Å². The minimum atomic E-state index is 0.924. The van der Waals surface area contributed by atoms with Gasteiger partial charge < -0.3 is 0 Å². The molecule has 1 aromatic carbocycles. The van der Waals surface area contributed by atoms with Crippen molar-refractivity contribution in [2.24, 2.45) is 0 Å². The summed E-state index contributed by atoms with van der Waals surface area (Å²) in [7, 11) is 0. The van der Waals surface area contributed by atoms with E-state index in [2.05, 4.69) is 33.2 Å². The van der Waals surface area contributed by atoms with Crippen LogP contribution in [0.15, 0.2) is 22.7 Å². The highest BCUT2D eigenvalue weighted by Crippen LogP contribution is 2.17. The molecule has 0 spiro atoms. The van der Waals surface area contributed by atoms with Gasteiger partial charge in [0.15, 0.2) is 0 Å². The number of aromatic nitrogens is 3. The third-order valence-corrected chi connectivity index (χ3v) is 2.40. The van der Waals surface area contributed by atoms with Crippen LogP contribution in [0.4, 0.5) is 0 Å². The van der Waals surface area contributed by atoms with E-state index in [1.165, 1.54) is 0 Å². The van der Waals surface area contributed by atoms with E-state index in [4.69, 9.17) is 0 Å². The van der Waals surface area contributed by atoms with Gasteiger partial charge in [0, 0.05) is 11.0 Å². The van der Waals surface area contributed by atoms with Crippen molar-refractivity contribution < 1.29 is 0 Å². The van der Waals surface area contributed by atoms with E-state index in [-0.39, 0.29) is 0 Å². The van der Waals surface area contributed by atoms with Crippen LogP contribution in [-0.2, 0) is 6.54 Å². The maximum Gasteiger partial charge on any atom is 0.113 e. The van der Waals surface area contributed by atoms with E-state index in [9.17, 15) is 0 Å². The van der Waals surface area contributed by atoms with Gasteiger partial charge in [-0.3, -0.25) is 0 Å². The van der Waals surface area contributed by atoms with Crippen LogP contribution in [0.5, 0.6) is 0 Å². The molecule has 0 N–H and O–H groups in total. The lowest BCUT2D eigenvalue weighted by atomic mass is 10.3. The number of fused-ring (bicyclic) bond motifs is 1. The molecular formula is C9H10BrN3. The van der Waals surface area contributed by atoms with E-state index in [1.54, 1.807) is 0 Å². The normalized spacial score (nSPS) is 10.9. The van der Waals surface area contributed by atoms with Crippen LogP contribution in [0.2, 0.25) is 0 Å². The quantitative estimate of drug-likeness (QED) is 0.807. The first-order chi connectivity index (χ1) is 6.31. The summed E-state index contributed by atoms with van der Waals surface area (Å²) >= 11 is 3.43. The van der Waals surface area contributed by atoms with Gasteiger partial charge in [0.25, 0.3) is 0 Å². The molecule has 68 valence electrons. The van der Waals surface area contributed by atoms with Gasteiger partial charge >= 0.3 is 0 Å². The highest BCUT2D eigenvalue weighted by Gasteiger charge is 2.02. The molecule has 1 aromatic heterocycles. The lowest BCUT2D eigenvalue weighted by molar-refractivity contribution is 0.596. The summed E-state index contributed by atoms with van der Waals surface area (Å²) in [6.45, 7) is 3.05. The number of hydrogen-bond donors (Lipinski definition) is 0. The molecule has 0 aliphatic heterocycles. The molecule has 3 nitrogen and oxygen atoms in total. The lowest BCUT2D eigenvalue weighted by Crippen LogP contribution is -1.98. The molecule has 13 heavy (non-hydrogen) atoms. The topological polar surface area (TPSA) is 30.7 Å². The molecule has 0 saturated carbocycles. The number of nitrogens with zero attached hydrogens (tertiary/aromatic N) is 3. The predicted molar refractivity (Wildman–Crippen MR) is 55.5 cm³/mol. The van der Waals surface area contributed by atoms with Crippen molar-refractivity contribution in [2.45, 2.75) is 19.9 Å². The van der Waals surface area contributed by atoms with Gasteiger partial charge in [-0.25, -0.2) is 4.68 Å². The van der Waals surface area contributed by atoms with Gasteiger partial charge in [-0.2, -0.15) is 0 Å². The molecular weight excluding hydrogens is 230 g/mol. The molecule has 0 saturated heterocycles. The Morgan fingerprint density at radius 3 is 3.08 bits per heavy atom. The fraction of sp³-hybridized carbons (Fsp3) is 0.333. The highest BCUT2D eigenvalue weighted by molar-refractivity contribution is 9.10. The lowest BCUT2D eigenvalue weighted by Gasteiger charge is -1.98. The second-order valence-corrected chi connectivity index (χ2v) is 3.86.